The molecule has 0 aliphatic carbocycles. The van der Waals surface area contributed by atoms with Crippen LogP contribution in [0.15, 0.2) is 24.3 Å². The molecule has 0 unspecified atom stereocenters. The van der Waals surface area contributed by atoms with Crippen LogP contribution in [0.1, 0.15) is 50.9 Å². The van der Waals surface area contributed by atoms with E-state index in [0.717, 1.165) is 25.1 Å². The van der Waals surface area contributed by atoms with E-state index in [1.807, 2.05) is 12.1 Å². The number of ether oxygens (including phenoxy) is 5. The fraction of sp³-hybridized carbons (Fsp3) is 0.741. The minimum atomic E-state index is -1.70. The van der Waals surface area contributed by atoms with Crippen molar-refractivity contribution in [1.82, 2.24) is 0 Å². The first-order valence-corrected chi connectivity index (χ1v) is 16.0. The largest absolute Gasteiger partial charge is 0.460 e. The molecule has 1 aromatic rings. The minimum Gasteiger partial charge on any atom is -0.460 e. The van der Waals surface area contributed by atoms with Crippen LogP contribution < -0.4 is 5.32 Å². The van der Waals surface area contributed by atoms with E-state index in [-0.39, 0.29) is 17.6 Å². The summed E-state index contributed by atoms with van der Waals surface area (Å²) in [6, 6.07) is 7.32. The Morgan fingerprint density at radius 2 is 1.25 bits per heavy atom. The topological polar surface area (TPSA) is 84.5 Å². The van der Waals surface area contributed by atoms with E-state index in [4.69, 9.17) is 28.1 Å². The highest BCUT2D eigenvalue weighted by atomic mass is 28.4. The fourth-order valence-electron chi connectivity index (χ4n) is 2.74. The number of anilines is 1. The van der Waals surface area contributed by atoms with E-state index in [0.29, 0.717) is 65.0 Å². The van der Waals surface area contributed by atoms with E-state index >= 15 is 0 Å². The molecule has 1 aromatic carbocycles. The molecule has 0 saturated heterocycles. The predicted molar refractivity (Wildman–Crippen MR) is 147 cm³/mol. The predicted octanol–water partition coefficient (Wildman–Crippen LogP) is 5.14. The first-order valence-electron chi connectivity index (χ1n) is 13.1. The molecule has 0 saturated carbocycles. The van der Waals surface area contributed by atoms with Gasteiger partial charge >= 0.3 is 5.97 Å². The first-order chi connectivity index (χ1) is 17.2. The molecular formula is C27H49NO7Si. The summed E-state index contributed by atoms with van der Waals surface area (Å²) in [6.07, 6.45) is 2.26. The molecule has 0 spiro atoms. The second-order valence-electron chi connectivity index (χ2n) is 10.1. The number of carbonyl (C=O) groups excluding carboxylic acids is 1. The second-order valence-corrected chi connectivity index (χ2v) is 14.9. The Labute approximate surface area is 219 Å². The van der Waals surface area contributed by atoms with Gasteiger partial charge in [-0.05, 0) is 48.8 Å². The quantitative estimate of drug-likeness (QED) is 0.134. The van der Waals surface area contributed by atoms with Crippen LogP contribution in [0.5, 0.6) is 0 Å². The molecule has 0 aromatic heterocycles. The van der Waals surface area contributed by atoms with Crippen LogP contribution in [0.2, 0.25) is 18.1 Å². The lowest BCUT2D eigenvalue weighted by Gasteiger charge is -2.36. The zero-order valence-electron chi connectivity index (χ0n) is 23.4. The van der Waals surface area contributed by atoms with Crippen molar-refractivity contribution in [3.05, 3.63) is 29.8 Å². The second kappa shape index (κ2) is 18.7. The zero-order chi connectivity index (χ0) is 26.7. The molecule has 0 aliphatic heterocycles. The summed E-state index contributed by atoms with van der Waals surface area (Å²) < 4.78 is 33.3. The average Bonchev–Trinajstić information content (AvgIpc) is 2.83. The van der Waals surface area contributed by atoms with Crippen molar-refractivity contribution in [2.45, 2.75) is 58.7 Å². The smallest absolute Gasteiger partial charge is 0.338 e. The van der Waals surface area contributed by atoms with Crippen molar-refractivity contribution in [2.24, 2.45) is 0 Å². The van der Waals surface area contributed by atoms with Crippen LogP contribution in [0.3, 0.4) is 0 Å². The summed E-state index contributed by atoms with van der Waals surface area (Å²) in [5.41, 5.74) is 1.54. The highest BCUT2D eigenvalue weighted by Crippen LogP contribution is 2.36. The molecule has 1 rings (SSSR count). The molecule has 0 atom stereocenters. The Kier molecular flexibility index (Phi) is 16.9. The lowest BCUT2D eigenvalue weighted by molar-refractivity contribution is -0.0110. The van der Waals surface area contributed by atoms with Gasteiger partial charge in [0.2, 0.25) is 0 Å². The molecule has 8 nitrogen and oxygen atoms in total. The van der Waals surface area contributed by atoms with Crippen LogP contribution in [0, 0.1) is 0 Å². The third-order valence-corrected chi connectivity index (χ3v) is 10.6. The zero-order valence-corrected chi connectivity index (χ0v) is 24.4. The van der Waals surface area contributed by atoms with Gasteiger partial charge in [0, 0.05) is 12.2 Å². The maximum Gasteiger partial charge on any atom is 0.338 e. The van der Waals surface area contributed by atoms with Crippen molar-refractivity contribution in [1.29, 1.82) is 0 Å². The van der Waals surface area contributed by atoms with Crippen LogP contribution in [0.25, 0.3) is 0 Å². The van der Waals surface area contributed by atoms with Crippen LogP contribution >= 0.6 is 0 Å². The minimum absolute atomic E-state index is 0.208. The standard InChI is InChI=1S/C27H49NO7Si/c1-7-8-13-28-25-11-9-24(10-12-25)26(29)34-22-20-32-18-16-30-14-15-31-17-19-33-21-23-35-36(5,6)27(2,3)4/h9-12,28H,7-8,13-23H2,1-6H3. The monoisotopic (exact) mass is 527 g/mol. The number of hydrogen-bond acceptors (Lipinski definition) is 8. The van der Waals surface area contributed by atoms with Gasteiger partial charge in [-0.15, -0.1) is 0 Å². The number of esters is 1. The Morgan fingerprint density at radius 1 is 0.778 bits per heavy atom. The molecule has 0 heterocycles. The van der Waals surface area contributed by atoms with Gasteiger partial charge in [-0.25, -0.2) is 4.79 Å². The van der Waals surface area contributed by atoms with Crippen molar-refractivity contribution < 1.29 is 32.9 Å². The first kappa shape index (κ1) is 32.5. The molecule has 9 heteroatoms. The normalized spacial score (nSPS) is 12.1. The number of benzene rings is 1. The summed E-state index contributed by atoms with van der Waals surface area (Å²) >= 11 is 0. The molecule has 0 radical (unpaired) electrons. The highest BCUT2D eigenvalue weighted by Gasteiger charge is 2.36. The van der Waals surface area contributed by atoms with Crippen molar-refractivity contribution in [3.63, 3.8) is 0 Å². The van der Waals surface area contributed by atoms with Gasteiger partial charge < -0.3 is 33.4 Å². The van der Waals surface area contributed by atoms with Crippen molar-refractivity contribution in [2.75, 3.05) is 77.9 Å². The Balaban J connectivity index is 1.89. The fourth-order valence-corrected chi connectivity index (χ4v) is 3.77. The van der Waals surface area contributed by atoms with E-state index in [9.17, 15) is 4.79 Å². The van der Waals surface area contributed by atoms with Crippen LogP contribution in [-0.2, 0) is 28.1 Å². The van der Waals surface area contributed by atoms with Crippen LogP contribution in [-0.4, -0.2) is 86.9 Å². The molecule has 36 heavy (non-hydrogen) atoms. The Morgan fingerprint density at radius 3 is 1.72 bits per heavy atom. The number of unbranched alkanes of at least 4 members (excludes halogenated alkanes) is 1. The molecule has 1 N–H and O–H groups in total. The van der Waals surface area contributed by atoms with Gasteiger partial charge in [0.15, 0.2) is 8.32 Å². The van der Waals surface area contributed by atoms with Gasteiger partial charge in [-0.3, -0.25) is 0 Å². The summed E-state index contributed by atoms with van der Waals surface area (Å²) in [4.78, 5) is 12.1. The van der Waals surface area contributed by atoms with E-state index in [1.165, 1.54) is 0 Å². The molecule has 0 aliphatic rings. The number of carbonyl (C=O) groups is 1. The van der Waals surface area contributed by atoms with Crippen molar-refractivity contribution in [3.8, 4) is 0 Å². The molecule has 0 bridgehead atoms. The number of nitrogens with one attached hydrogen (secondary N) is 1. The Hall–Kier alpha value is -1.49. The third-order valence-electron chi connectivity index (χ3n) is 6.05. The summed E-state index contributed by atoms with van der Waals surface area (Å²) in [5.74, 6) is -0.348. The molecule has 208 valence electrons. The number of rotatable bonds is 21. The van der Waals surface area contributed by atoms with Gasteiger partial charge in [0.1, 0.15) is 6.61 Å². The summed E-state index contributed by atoms with van der Waals surface area (Å²) in [6.45, 7) is 19.0. The van der Waals surface area contributed by atoms with Crippen LogP contribution in [0.4, 0.5) is 5.69 Å². The molecule has 0 fully saturated rings. The van der Waals surface area contributed by atoms with E-state index in [2.05, 4.69) is 46.1 Å². The van der Waals surface area contributed by atoms with E-state index in [1.54, 1.807) is 12.1 Å². The van der Waals surface area contributed by atoms with Gasteiger partial charge in [-0.2, -0.15) is 0 Å². The Bertz CT molecular complexity index is 692. The summed E-state index contributed by atoms with van der Waals surface area (Å²) in [5, 5.41) is 3.53. The number of hydrogen-bond donors (Lipinski definition) is 1. The average molecular weight is 528 g/mol. The van der Waals surface area contributed by atoms with Gasteiger partial charge in [0.25, 0.3) is 0 Å². The highest BCUT2D eigenvalue weighted by molar-refractivity contribution is 6.74. The lowest BCUT2D eigenvalue weighted by Crippen LogP contribution is -2.41. The van der Waals surface area contributed by atoms with E-state index < -0.39 is 8.32 Å². The third kappa shape index (κ3) is 14.9. The maximum absolute atomic E-state index is 12.1. The molecular weight excluding hydrogens is 478 g/mol. The van der Waals surface area contributed by atoms with Gasteiger partial charge in [-0.1, -0.05) is 34.1 Å². The molecule has 0 amide bonds. The SMILES string of the molecule is CCCCNc1ccc(C(=O)OCCOCCOCCOCCOCCO[Si](C)(C)C(C)(C)C)cc1. The summed E-state index contributed by atoms with van der Waals surface area (Å²) in [7, 11) is -1.70. The maximum atomic E-state index is 12.1. The lowest BCUT2D eigenvalue weighted by atomic mass is 10.2. The van der Waals surface area contributed by atoms with Gasteiger partial charge in [0.05, 0.1) is 65.0 Å². The van der Waals surface area contributed by atoms with Crippen molar-refractivity contribution >= 4 is 20.0 Å².